The zero-order valence-electron chi connectivity index (χ0n) is 12.3. The van der Waals surface area contributed by atoms with Gasteiger partial charge in [-0.3, -0.25) is 0 Å². The molecule has 1 unspecified atom stereocenters. The molecule has 4 heteroatoms. The van der Waals surface area contributed by atoms with Crippen LogP contribution in [0.15, 0.2) is 18.2 Å². The highest BCUT2D eigenvalue weighted by molar-refractivity contribution is 6.32. The zero-order valence-corrected chi connectivity index (χ0v) is 13.0. The van der Waals surface area contributed by atoms with Gasteiger partial charge >= 0.3 is 0 Å². The second kappa shape index (κ2) is 6.79. The molecule has 0 spiro atoms. The van der Waals surface area contributed by atoms with Crippen LogP contribution in [0.1, 0.15) is 50.6 Å². The molecule has 20 heavy (non-hydrogen) atoms. The van der Waals surface area contributed by atoms with Crippen LogP contribution in [0, 0.1) is 0 Å². The third-order valence-corrected chi connectivity index (χ3v) is 4.46. The highest BCUT2D eigenvalue weighted by atomic mass is 35.5. The molecular weight excluding hydrogens is 274 g/mol. The van der Waals surface area contributed by atoms with Gasteiger partial charge in [0, 0.05) is 6.04 Å². The van der Waals surface area contributed by atoms with Crippen molar-refractivity contribution in [3.05, 3.63) is 28.8 Å². The number of ether oxygens (including phenoxy) is 1. The molecule has 112 valence electrons. The second-order valence-electron chi connectivity index (χ2n) is 5.77. The van der Waals surface area contributed by atoms with E-state index in [1.165, 1.54) is 6.42 Å². The lowest BCUT2D eigenvalue weighted by molar-refractivity contribution is -0.0338. The van der Waals surface area contributed by atoms with E-state index in [0.29, 0.717) is 17.4 Å². The van der Waals surface area contributed by atoms with Gasteiger partial charge in [-0.25, -0.2) is 0 Å². The normalized spacial score (nSPS) is 19.6. The fourth-order valence-corrected chi connectivity index (χ4v) is 2.88. The zero-order chi connectivity index (χ0) is 14.6. The molecule has 1 aliphatic rings. The van der Waals surface area contributed by atoms with E-state index in [1.54, 1.807) is 0 Å². The third kappa shape index (κ3) is 3.87. The Bertz CT molecular complexity index is 444. The Morgan fingerprint density at radius 2 is 2.05 bits per heavy atom. The number of hydrogen-bond acceptors (Lipinski definition) is 3. The minimum absolute atomic E-state index is 0.254. The van der Waals surface area contributed by atoms with Gasteiger partial charge in [-0.2, -0.15) is 0 Å². The van der Waals surface area contributed by atoms with E-state index in [0.717, 1.165) is 31.2 Å². The van der Waals surface area contributed by atoms with E-state index in [1.807, 2.05) is 25.2 Å². The molecule has 1 aromatic rings. The van der Waals surface area contributed by atoms with Crippen LogP contribution in [0.3, 0.4) is 0 Å². The van der Waals surface area contributed by atoms with Crippen molar-refractivity contribution in [2.24, 2.45) is 0 Å². The first-order valence-electron chi connectivity index (χ1n) is 7.36. The molecule has 1 atom stereocenters. The van der Waals surface area contributed by atoms with Gasteiger partial charge in [0.2, 0.25) is 0 Å². The smallest absolute Gasteiger partial charge is 0.138 e. The maximum absolute atomic E-state index is 10.4. The molecule has 0 radical (unpaired) electrons. The van der Waals surface area contributed by atoms with Gasteiger partial charge in [-0.15, -0.1) is 0 Å². The Morgan fingerprint density at radius 3 is 2.65 bits per heavy atom. The number of rotatable bonds is 5. The lowest BCUT2D eigenvalue weighted by atomic mass is 9.85. The highest BCUT2D eigenvalue weighted by Gasteiger charge is 2.30. The SMILES string of the molecule is CNC(C)c1ccc(OCC2(O)CCCCC2)c(Cl)c1. The summed E-state index contributed by atoms with van der Waals surface area (Å²) in [6.45, 7) is 2.41. The number of nitrogens with one attached hydrogen (secondary N) is 1. The van der Waals surface area contributed by atoms with Crippen molar-refractivity contribution in [1.29, 1.82) is 0 Å². The first-order valence-corrected chi connectivity index (χ1v) is 7.74. The summed E-state index contributed by atoms with van der Waals surface area (Å²) >= 11 is 6.26. The van der Waals surface area contributed by atoms with Crippen molar-refractivity contribution in [3.8, 4) is 5.75 Å². The Labute approximate surface area is 126 Å². The van der Waals surface area contributed by atoms with Crippen LogP contribution in [-0.4, -0.2) is 24.4 Å². The minimum atomic E-state index is -0.682. The molecule has 0 bridgehead atoms. The molecule has 1 saturated carbocycles. The van der Waals surface area contributed by atoms with Crippen LogP contribution in [0.5, 0.6) is 5.75 Å². The van der Waals surface area contributed by atoms with E-state index in [-0.39, 0.29) is 6.04 Å². The van der Waals surface area contributed by atoms with Crippen LogP contribution in [-0.2, 0) is 0 Å². The van der Waals surface area contributed by atoms with Crippen LogP contribution in [0.25, 0.3) is 0 Å². The number of benzene rings is 1. The minimum Gasteiger partial charge on any atom is -0.489 e. The molecule has 0 amide bonds. The number of aliphatic hydroxyl groups is 1. The highest BCUT2D eigenvalue weighted by Crippen LogP contribution is 2.32. The summed E-state index contributed by atoms with van der Waals surface area (Å²) in [5.41, 5.74) is 0.444. The summed E-state index contributed by atoms with van der Waals surface area (Å²) in [5.74, 6) is 0.651. The largest absolute Gasteiger partial charge is 0.489 e. The van der Waals surface area contributed by atoms with Crippen molar-refractivity contribution < 1.29 is 9.84 Å². The second-order valence-corrected chi connectivity index (χ2v) is 6.18. The monoisotopic (exact) mass is 297 g/mol. The van der Waals surface area contributed by atoms with Gasteiger partial charge in [-0.1, -0.05) is 36.9 Å². The molecule has 3 nitrogen and oxygen atoms in total. The Morgan fingerprint density at radius 1 is 1.35 bits per heavy atom. The molecule has 1 fully saturated rings. The third-order valence-electron chi connectivity index (χ3n) is 4.17. The Hall–Kier alpha value is -0.770. The Kier molecular flexibility index (Phi) is 5.30. The average Bonchev–Trinajstić information content (AvgIpc) is 2.46. The molecule has 1 aliphatic carbocycles. The van der Waals surface area contributed by atoms with Crippen molar-refractivity contribution in [3.63, 3.8) is 0 Å². The van der Waals surface area contributed by atoms with Crippen molar-refractivity contribution in [1.82, 2.24) is 5.32 Å². The van der Waals surface area contributed by atoms with Gasteiger partial charge < -0.3 is 15.2 Å². The standard InChI is InChI=1S/C16H24ClNO2/c1-12(18-2)13-6-7-15(14(17)10-13)20-11-16(19)8-4-3-5-9-16/h6-7,10,12,18-19H,3-5,8-9,11H2,1-2H3. The van der Waals surface area contributed by atoms with Crippen LogP contribution < -0.4 is 10.1 Å². The maximum atomic E-state index is 10.4. The molecule has 0 heterocycles. The van der Waals surface area contributed by atoms with Gasteiger partial charge in [0.15, 0.2) is 0 Å². The lowest BCUT2D eigenvalue weighted by Gasteiger charge is -2.31. The predicted molar refractivity (Wildman–Crippen MR) is 82.5 cm³/mol. The first-order chi connectivity index (χ1) is 9.54. The van der Waals surface area contributed by atoms with Crippen LogP contribution in [0.2, 0.25) is 5.02 Å². The molecular formula is C16H24ClNO2. The van der Waals surface area contributed by atoms with Gasteiger partial charge in [0.1, 0.15) is 12.4 Å². The van der Waals surface area contributed by atoms with E-state index in [2.05, 4.69) is 12.2 Å². The van der Waals surface area contributed by atoms with E-state index in [4.69, 9.17) is 16.3 Å². The topological polar surface area (TPSA) is 41.5 Å². The van der Waals surface area contributed by atoms with Crippen LogP contribution >= 0.6 is 11.6 Å². The maximum Gasteiger partial charge on any atom is 0.138 e. The lowest BCUT2D eigenvalue weighted by Crippen LogP contribution is -2.37. The fourth-order valence-electron chi connectivity index (χ4n) is 2.64. The molecule has 2 rings (SSSR count). The number of hydrogen-bond donors (Lipinski definition) is 2. The van der Waals surface area contributed by atoms with Gasteiger partial charge in [0.25, 0.3) is 0 Å². The molecule has 0 aliphatic heterocycles. The number of halogens is 1. The summed E-state index contributed by atoms with van der Waals surface area (Å²) in [6.07, 6.45) is 5.00. The van der Waals surface area contributed by atoms with Crippen molar-refractivity contribution >= 4 is 11.6 Å². The predicted octanol–water partition coefficient (Wildman–Crippen LogP) is 3.69. The molecule has 2 N–H and O–H groups in total. The van der Waals surface area contributed by atoms with E-state index < -0.39 is 5.60 Å². The van der Waals surface area contributed by atoms with Gasteiger partial charge in [0.05, 0.1) is 10.6 Å². The van der Waals surface area contributed by atoms with E-state index in [9.17, 15) is 5.11 Å². The van der Waals surface area contributed by atoms with Crippen LogP contribution in [0.4, 0.5) is 0 Å². The summed E-state index contributed by atoms with van der Waals surface area (Å²) in [5, 5.41) is 14.2. The van der Waals surface area contributed by atoms with E-state index >= 15 is 0 Å². The Balaban J connectivity index is 1.99. The fraction of sp³-hybridized carbons (Fsp3) is 0.625. The molecule has 0 saturated heterocycles. The summed E-state index contributed by atoms with van der Waals surface area (Å²) in [4.78, 5) is 0. The summed E-state index contributed by atoms with van der Waals surface area (Å²) in [6, 6.07) is 6.07. The quantitative estimate of drug-likeness (QED) is 0.871. The average molecular weight is 298 g/mol. The van der Waals surface area contributed by atoms with Gasteiger partial charge in [-0.05, 0) is 44.5 Å². The summed E-state index contributed by atoms with van der Waals surface area (Å²) < 4.78 is 5.75. The van der Waals surface area contributed by atoms with Crippen molar-refractivity contribution in [2.75, 3.05) is 13.7 Å². The van der Waals surface area contributed by atoms with Crippen molar-refractivity contribution in [2.45, 2.75) is 50.7 Å². The first kappa shape index (κ1) is 15.6. The molecule has 1 aromatic carbocycles. The molecule has 0 aromatic heterocycles. The summed E-state index contributed by atoms with van der Waals surface area (Å²) in [7, 11) is 1.92.